The summed E-state index contributed by atoms with van der Waals surface area (Å²) in [5.41, 5.74) is 1.34. The van der Waals surface area contributed by atoms with Crippen molar-refractivity contribution in [2.75, 3.05) is 5.32 Å². The van der Waals surface area contributed by atoms with Gasteiger partial charge in [-0.1, -0.05) is 0 Å². The number of benzene rings is 1. The van der Waals surface area contributed by atoms with Crippen LogP contribution in [0.2, 0.25) is 0 Å². The maximum absolute atomic E-state index is 11.7. The van der Waals surface area contributed by atoms with Crippen LogP contribution in [0.5, 0.6) is 0 Å². The summed E-state index contributed by atoms with van der Waals surface area (Å²) >= 11 is 1.42. The molecular weight excluding hydrogens is 298 g/mol. The summed E-state index contributed by atoms with van der Waals surface area (Å²) in [5, 5.41) is 10.3. The number of aryl methyl sites for hydroxylation is 1. The Morgan fingerprint density at radius 2 is 2.10 bits per heavy atom. The van der Waals surface area contributed by atoms with E-state index in [1.165, 1.54) is 24.3 Å². The summed E-state index contributed by atoms with van der Waals surface area (Å²) in [6.07, 6.45) is 0. The molecule has 2 rings (SSSR count). The molecule has 1 aromatic carbocycles. The number of hydrogen-bond donors (Lipinski definition) is 2. The van der Waals surface area contributed by atoms with Crippen molar-refractivity contribution in [3.63, 3.8) is 0 Å². The van der Waals surface area contributed by atoms with Gasteiger partial charge in [0.15, 0.2) is 0 Å². The second-order valence-electron chi connectivity index (χ2n) is 4.19. The number of hydrogen-bond acceptors (Lipinski definition) is 5. The zero-order chi connectivity index (χ0) is 14.9. The van der Waals surface area contributed by atoms with Crippen LogP contribution in [0, 0.1) is 6.92 Å². The Morgan fingerprint density at radius 1 is 1.40 bits per heavy atom. The second-order valence-corrected chi connectivity index (χ2v) is 6.78. The number of primary sulfonamides is 1. The lowest BCUT2D eigenvalue weighted by atomic mass is 10.1. The van der Waals surface area contributed by atoms with E-state index in [-0.39, 0.29) is 10.8 Å². The lowest BCUT2D eigenvalue weighted by molar-refractivity contribution is -0.114. The minimum atomic E-state index is -3.92. The van der Waals surface area contributed by atoms with E-state index in [1.807, 2.05) is 6.92 Å². The molecule has 6 nitrogen and oxygen atoms in total. The third-order valence-electron chi connectivity index (χ3n) is 2.50. The van der Waals surface area contributed by atoms with Gasteiger partial charge in [-0.3, -0.25) is 4.79 Å². The quantitative estimate of drug-likeness (QED) is 0.901. The number of nitrogens with zero attached hydrogens (tertiary/aromatic N) is 1. The van der Waals surface area contributed by atoms with E-state index < -0.39 is 10.0 Å². The first-order chi connectivity index (χ1) is 9.27. The van der Waals surface area contributed by atoms with Crippen LogP contribution in [0.4, 0.5) is 5.69 Å². The Hall–Kier alpha value is -1.77. The number of sulfonamides is 1. The van der Waals surface area contributed by atoms with Gasteiger partial charge in [-0.2, -0.15) is 0 Å². The molecule has 1 aromatic heterocycles. The molecule has 0 saturated carbocycles. The van der Waals surface area contributed by atoms with Crippen LogP contribution in [0.15, 0.2) is 28.5 Å². The van der Waals surface area contributed by atoms with Crippen molar-refractivity contribution in [2.24, 2.45) is 5.14 Å². The van der Waals surface area contributed by atoms with Gasteiger partial charge in [0.2, 0.25) is 15.9 Å². The SMILES string of the molecule is CC(=O)Nc1ccc(-c2csc(C)n2)c(S(N)(=O)=O)c1. The standard InChI is InChI=1S/C12H13N3O3S2/c1-7(16)14-9-3-4-10(11-6-19-8(2)15-11)12(5-9)20(13,17)18/h3-6H,1-2H3,(H,14,16)(H2,13,17,18). The van der Waals surface area contributed by atoms with Gasteiger partial charge in [0, 0.05) is 23.6 Å². The Kier molecular flexibility index (Phi) is 3.89. The number of thiazole rings is 1. The van der Waals surface area contributed by atoms with Gasteiger partial charge >= 0.3 is 0 Å². The van der Waals surface area contributed by atoms with E-state index in [0.717, 1.165) is 5.01 Å². The molecule has 0 unspecified atom stereocenters. The molecule has 0 bridgehead atoms. The van der Waals surface area contributed by atoms with Gasteiger partial charge in [0.05, 0.1) is 15.6 Å². The fourth-order valence-corrected chi connectivity index (χ4v) is 3.12. The highest BCUT2D eigenvalue weighted by Gasteiger charge is 2.18. The number of nitrogens with two attached hydrogens (primary N) is 1. The lowest BCUT2D eigenvalue weighted by Crippen LogP contribution is -2.14. The Morgan fingerprint density at radius 3 is 2.60 bits per heavy atom. The third-order valence-corrected chi connectivity index (χ3v) is 4.23. The van der Waals surface area contributed by atoms with Gasteiger partial charge in [-0.25, -0.2) is 18.5 Å². The molecule has 8 heteroatoms. The van der Waals surface area contributed by atoms with Crippen molar-refractivity contribution in [2.45, 2.75) is 18.7 Å². The average Bonchev–Trinajstić information content (AvgIpc) is 2.74. The Balaban J connectivity index is 2.60. The monoisotopic (exact) mass is 311 g/mol. The Bertz CT molecular complexity index is 766. The number of aromatic nitrogens is 1. The highest BCUT2D eigenvalue weighted by atomic mass is 32.2. The summed E-state index contributed by atoms with van der Waals surface area (Å²) in [4.78, 5) is 15.2. The molecule has 0 atom stereocenters. The van der Waals surface area contributed by atoms with Gasteiger partial charge in [0.25, 0.3) is 0 Å². The van der Waals surface area contributed by atoms with E-state index >= 15 is 0 Å². The molecule has 0 spiro atoms. The largest absolute Gasteiger partial charge is 0.326 e. The number of amides is 1. The van der Waals surface area contributed by atoms with Crippen LogP contribution in [0.3, 0.4) is 0 Å². The van der Waals surface area contributed by atoms with Gasteiger partial charge in [0.1, 0.15) is 0 Å². The molecular formula is C12H13N3O3S2. The normalized spacial score (nSPS) is 11.3. The van der Waals surface area contributed by atoms with E-state index in [1.54, 1.807) is 17.5 Å². The zero-order valence-electron chi connectivity index (χ0n) is 10.9. The van der Waals surface area contributed by atoms with Crippen molar-refractivity contribution >= 4 is 33.0 Å². The third kappa shape index (κ3) is 3.21. The van der Waals surface area contributed by atoms with Gasteiger partial charge < -0.3 is 5.32 Å². The van der Waals surface area contributed by atoms with Crippen molar-refractivity contribution in [3.05, 3.63) is 28.6 Å². The van der Waals surface area contributed by atoms with Gasteiger partial charge in [-0.15, -0.1) is 11.3 Å². The molecule has 0 aliphatic carbocycles. The summed E-state index contributed by atoms with van der Waals surface area (Å²) in [7, 11) is -3.92. The zero-order valence-corrected chi connectivity index (χ0v) is 12.5. The molecule has 1 heterocycles. The minimum Gasteiger partial charge on any atom is -0.326 e. The highest BCUT2D eigenvalue weighted by molar-refractivity contribution is 7.89. The molecule has 0 radical (unpaired) electrons. The fraction of sp³-hybridized carbons (Fsp3) is 0.167. The minimum absolute atomic E-state index is 0.0611. The molecule has 1 amide bonds. The topological polar surface area (TPSA) is 102 Å². The smallest absolute Gasteiger partial charge is 0.238 e. The van der Waals surface area contributed by atoms with E-state index in [4.69, 9.17) is 5.14 Å². The molecule has 0 aliphatic heterocycles. The maximum atomic E-state index is 11.7. The summed E-state index contributed by atoms with van der Waals surface area (Å²) in [6.45, 7) is 3.17. The first-order valence-electron chi connectivity index (χ1n) is 5.64. The van der Waals surface area contributed by atoms with Crippen LogP contribution in [0.1, 0.15) is 11.9 Å². The average molecular weight is 311 g/mol. The summed E-state index contributed by atoms with van der Waals surface area (Å²) < 4.78 is 23.4. The van der Waals surface area contributed by atoms with Crippen LogP contribution in [-0.2, 0) is 14.8 Å². The molecule has 106 valence electrons. The number of carbonyl (C=O) groups is 1. The van der Waals surface area contributed by atoms with Gasteiger partial charge in [-0.05, 0) is 25.1 Å². The first kappa shape index (κ1) is 14.6. The van der Waals surface area contributed by atoms with Crippen molar-refractivity contribution < 1.29 is 13.2 Å². The van der Waals surface area contributed by atoms with Crippen LogP contribution in [0.25, 0.3) is 11.3 Å². The van der Waals surface area contributed by atoms with Crippen molar-refractivity contribution in [3.8, 4) is 11.3 Å². The fourth-order valence-electron chi connectivity index (χ4n) is 1.74. The second kappa shape index (κ2) is 5.31. The van der Waals surface area contributed by atoms with E-state index in [0.29, 0.717) is 16.9 Å². The Labute approximate surface area is 120 Å². The predicted octanol–water partition coefficient (Wildman–Crippen LogP) is 1.72. The lowest BCUT2D eigenvalue weighted by Gasteiger charge is -2.09. The first-order valence-corrected chi connectivity index (χ1v) is 8.07. The van der Waals surface area contributed by atoms with Crippen molar-refractivity contribution in [1.29, 1.82) is 0 Å². The number of anilines is 1. The summed E-state index contributed by atoms with van der Waals surface area (Å²) in [6, 6.07) is 4.53. The number of nitrogens with one attached hydrogen (secondary N) is 1. The van der Waals surface area contributed by atoms with E-state index in [2.05, 4.69) is 10.3 Å². The highest BCUT2D eigenvalue weighted by Crippen LogP contribution is 2.30. The number of carbonyl (C=O) groups excluding carboxylic acids is 1. The molecule has 3 N–H and O–H groups in total. The number of rotatable bonds is 3. The molecule has 0 aliphatic rings. The molecule has 20 heavy (non-hydrogen) atoms. The molecule has 0 fully saturated rings. The van der Waals surface area contributed by atoms with E-state index in [9.17, 15) is 13.2 Å². The predicted molar refractivity (Wildman–Crippen MR) is 78.0 cm³/mol. The van der Waals surface area contributed by atoms with Crippen LogP contribution in [-0.4, -0.2) is 19.3 Å². The molecule has 0 saturated heterocycles. The molecule has 2 aromatic rings. The van der Waals surface area contributed by atoms with Crippen LogP contribution < -0.4 is 10.5 Å². The summed E-state index contributed by atoms with van der Waals surface area (Å²) in [5.74, 6) is -0.289. The van der Waals surface area contributed by atoms with Crippen LogP contribution >= 0.6 is 11.3 Å². The maximum Gasteiger partial charge on any atom is 0.238 e. The van der Waals surface area contributed by atoms with Crippen molar-refractivity contribution in [1.82, 2.24) is 4.98 Å².